The Morgan fingerprint density at radius 3 is 2.53 bits per heavy atom. The zero-order valence-corrected chi connectivity index (χ0v) is 21.5. The molecular weight excluding hydrogens is 494 g/mol. The summed E-state index contributed by atoms with van der Waals surface area (Å²) < 4.78 is 6.06. The van der Waals surface area contributed by atoms with Gasteiger partial charge in [-0.1, -0.05) is 24.3 Å². The number of pyridine rings is 3. The van der Waals surface area contributed by atoms with Crippen molar-refractivity contribution in [2.45, 2.75) is 6.92 Å². The molecule has 0 bridgehead atoms. The molecule has 0 amide bonds. The van der Waals surface area contributed by atoms with Gasteiger partial charge in [-0.15, -0.1) is 21.5 Å². The molecule has 0 spiro atoms. The van der Waals surface area contributed by atoms with Gasteiger partial charge in [0.2, 0.25) is 11.8 Å². The maximum atomic E-state index is 6.06. The monoisotopic (exact) mass is 517 g/mol. The van der Waals surface area contributed by atoms with Crippen molar-refractivity contribution in [3.63, 3.8) is 0 Å². The Morgan fingerprint density at radius 1 is 0.842 bits per heavy atom. The Kier molecular flexibility index (Phi) is 6.33. The van der Waals surface area contributed by atoms with Crippen LogP contribution in [0, 0.1) is 6.92 Å². The summed E-state index contributed by atoms with van der Waals surface area (Å²) >= 11 is 1.67. The van der Waals surface area contributed by atoms with E-state index in [4.69, 9.17) is 4.74 Å². The summed E-state index contributed by atoms with van der Waals surface area (Å²) in [7, 11) is 1.83. The van der Waals surface area contributed by atoms with Gasteiger partial charge in [0.1, 0.15) is 11.5 Å². The molecule has 5 heterocycles. The lowest BCUT2D eigenvalue weighted by molar-refractivity contribution is 0.447. The van der Waals surface area contributed by atoms with Crippen molar-refractivity contribution >= 4 is 39.4 Å². The first-order chi connectivity index (χ1) is 18.7. The number of nitrogens with one attached hydrogen (secondary N) is 2. The van der Waals surface area contributed by atoms with E-state index in [1.165, 1.54) is 5.56 Å². The molecule has 0 aliphatic carbocycles. The summed E-state index contributed by atoms with van der Waals surface area (Å²) in [5.74, 6) is 2.32. The number of nitrogens with zero attached hydrogens (tertiary/aromatic N) is 5. The number of ether oxygens (including phenoxy) is 1. The van der Waals surface area contributed by atoms with Crippen LogP contribution in [0.2, 0.25) is 0 Å². The molecule has 0 unspecified atom stereocenters. The number of aryl methyl sites for hydroxylation is 1. The van der Waals surface area contributed by atoms with Gasteiger partial charge < -0.3 is 15.4 Å². The van der Waals surface area contributed by atoms with Crippen molar-refractivity contribution in [2.75, 3.05) is 17.7 Å². The number of hydrogen-bond donors (Lipinski definition) is 2. The van der Waals surface area contributed by atoms with Crippen LogP contribution < -0.4 is 15.4 Å². The third kappa shape index (κ3) is 4.74. The third-order valence-corrected chi connectivity index (χ3v) is 7.00. The van der Waals surface area contributed by atoms with Crippen molar-refractivity contribution in [3.05, 3.63) is 96.3 Å². The molecule has 2 N–H and O–H groups in total. The average Bonchev–Trinajstić information content (AvgIpc) is 3.40. The fourth-order valence-electron chi connectivity index (χ4n) is 4.11. The second-order valence-corrected chi connectivity index (χ2v) is 9.49. The number of fused-ring (bicyclic) bond motifs is 1. The number of rotatable bonds is 7. The van der Waals surface area contributed by atoms with Crippen molar-refractivity contribution in [1.29, 1.82) is 0 Å². The topological polar surface area (TPSA) is 97.7 Å². The van der Waals surface area contributed by atoms with E-state index in [0.717, 1.165) is 44.0 Å². The summed E-state index contributed by atoms with van der Waals surface area (Å²) in [5.41, 5.74) is 4.65. The third-order valence-electron chi connectivity index (χ3n) is 5.95. The molecule has 38 heavy (non-hydrogen) atoms. The molecule has 8 nitrogen and oxygen atoms in total. The molecule has 0 saturated heterocycles. The number of hydrogen-bond acceptors (Lipinski definition) is 9. The lowest BCUT2D eigenvalue weighted by Gasteiger charge is -2.12. The molecule has 1 aromatic carbocycles. The summed E-state index contributed by atoms with van der Waals surface area (Å²) in [5, 5.41) is 19.6. The maximum Gasteiger partial charge on any atom is 0.229 e. The minimum Gasteiger partial charge on any atom is -0.420 e. The van der Waals surface area contributed by atoms with E-state index < -0.39 is 0 Å². The van der Waals surface area contributed by atoms with E-state index in [-0.39, 0.29) is 0 Å². The van der Waals surface area contributed by atoms with Crippen LogP contribution in [0.1, 0.15) is 5.56 Å². The van der Waals surface area contributed by atoms with E-state index in [9.17, 15) is 0 Å². The molecule has 0 fully saturated rings. The Morgan fingerprint density at radius 2 is 1.74 bits per heavy atom. The normalized spacial score (nSPS) is 10.9. The molecule has 0 atom stereocenters. The number of aromatic nitrogens is 5. The van der Waals surface area contributed by atoms with Crippen LogP contribution in [0.4, 0.5) is 17.3 Å². The van der Waals surface area contributed by atoms with Crippen LogP contribution in [0.15, 0.2) is 90.7 Å². The van der Waals surface area contributed by atoms with E-state index in [1.807, 2.05) is 55.6 Å². The van der Waals surface area contributed by atoms with Gasteiger partial charge in [-0.05, 0) is 59.8 Å². The molecule has 186 valence electrons. The number of thiophene rings is 1. The molecular formula is C29H23N7OS. The average molecular weight is 518 g/mol. The van der Waals surface area contributed by atoms with Gasteiger partial charge in [0, 0.05) is 41.8 Å². The maximum absolute atomic E-state index is 6.06. The molecule has 5 aromatic heterocycles. The smallest absolute Gasteiger partial charge is 0.229 e. The highest BCUT2D eigenvalue weighted by molar-refractivity contribution is 7.13. The molecule has 9 heteroatoms. The van der Waals surface area contributed by atoms with Crippen molar-refractivity contribution in [3.8, 4) is 33.5 Å². The Labute approximate surface area is 223 Å². The molecule has 0 saturated carbocycles. The van der Waals surface area contributed by atoms with Crippen LogP contribution in [0.5, 0.6) is 11.8 Å². The lowest BCUT2D eigenvalue weighted by atomic mass is 10.1. The second-order valence-electron chi connectivity index (χ2n) is 8.58. The van der Waals surface area contributed by atoms with Crippen LogP contribution in [0.3, 0.4) is 0 Å². The SMILES string of the molecule is CNc1cc(-c2cccnc2Oc2ccc(Nc3nnc(-c4cc(C)cs4)c4ccccc34)cn2)ccn1. The fraction of sp³-hybridized carbons (Fsp3) is 0.0690. The van der Waals surface area contributed by atoms with Crippen LogP contribution in [0.25, 0.3) is 32.5 Å². The Bertz CT molecular complexity index is 1730. The Balaban J connectivity index is 1.25. The van der Waals surface area contributed by atoms with E-state index >= 15 is 0 Å². The van der Waals surface area contributed by atoms with Crippen molar-refractivity contribution in [2.24, 2.45) is 0 Å². The second kappa shape index (κ2) is 10.2. The zero-order chi connectivity index (χ0) is 25.9. The van der Waals surface area contributed by atoms with E-state index in [1.54, 1.807) is 36.0 Å². The molecule has 6 rings (SSSR count). The largest absolute Gasteiger partial charge is 0.420 e. The highest BCUT2D eigenvalue weighted by atomic mass is 32.1. The van der Waals surface area contributed by atoms with Gasteiger partial charge in [-0.3, -0.25) is 0 Å². The van der Waals surface area contributed by atoms with Gasteiger partial charge in [0.15, 0.2) is 5.82 Å². The lowest BCUT2D eigenvalue weighted by Crippen LogP contribution is -2.00. The van der Waals surface area contributed by atoms with Gasteiger partial charge in [-0.2, -0.15) is 0 Å². The summed E-state index contributed by atoms with van der Waals surface area (Å²) in [6, 6.07) is 21.7. The highest BCUT2D eigenvalue weighted by Gasteiger charge is 2.14. The van der Waals surface area contributed by atoms with Gasteiger partial charge in [0.25, 0.3) is 0 Å². The molecule has 0 aliphatic rings. The van der Waals surface area contributed by atoms with Gasteiger partial charge in [0.05, 0.1) is 16.8 Å². The minimum atomic E-state index is 0.428. The van der Waals surface area contributed by atoms with E-state index in [0.29, 0.717) is 17.6 Å². The summed E-state index contributed by atoms with van der Waals surface area (Å²) in [6.45, 7) is 2.08. The first-order valence-electron chi connectivity index (χ1n) is 12.0. The molecule has 6 aromatic rings. The first-order valence-corrected chi connectivity index (χ1v) is 12.9. The van der Waals surface area contributed by atoms with Crippen molar-refractivity contribution < 1.29 is 4.74 Å². The standard InChI is InChI=1S/C29H23N7OS/c1-18-14-24(38-17-18)27-22-6-3-4-7-23(22)28(36-35-27)34-20-9-10-26(33-16-20)37-29-21(8-5-12-32-29)19-11-13-31-25(15-19)30-2/h3-17H,1-2H3,(H,30,31)(H,34,36). The highest BCUT2D eigenvalue weighted by Crippen LogP contribution is 2.35. The quantitative estimate of drug-likeness (QED) is 0.231. The van der Waals surface area contributed by atoms with E-state index in [2.05, 4.69) is 60.2 Å². The van der Waals surface area contributed by atoms with Crippen LogP contribution in [-0.4, -0.2) is 32.2 Å². The predicted molar refractivity (Wildman–Crippen MR) is 152 cm³/mol. The van der Waals surface area contributed by atoms with Gasteiger partial charge in [-0.25, -0.2) is 15.0 Å². The predicted octanol–water partition coefficient (Wildman–Crippen LogP) is 7.10. The molecule has 0 radical (unpaired) electrons. The van der Waals surface area contributed by atoms with Crippen LogP contribution in [-0.2, 0) is 0 Å². The number of anilines is 3. The first kappa shape index (κ1) is 23.5. The minimum absolute atomic E-state index is 0.428. The number of benzene rings is 1. The molecule has 0 aliphatic heterocycles. The fourth-order valence-corrected chi connectivity index (χ4v) is 5.01. The van der Waals surface area contributed by atoms with Gasteiger partial charge >= 0.3 is 0 Å². The summed E-state index contributed by atoms with van der Waals surface area (Å²) in [6.07, 6.45) is 5.15. The van der Waals surface area contributed by atoms with Crippen molar-refractivity contribution in [1.82, 2.24) is 25.1 Å². The zero-order valence-electron chi connectivity index (χ0n) is 20.7. The summed E-state index contributed by atoms with van der Waals surface area (Å²) in [4.78, 5) is 14.3. The van der Waals surface area contributed by atoms with Crippen LogP contribution >= 0.6 is 11.3 Å². The Hall–Kier alpha value is -4.89.